The number of hydrogen-bond donors (Lipinski definition) is 2. The summed E-state index contributed by atoms with van der Waals surface area (Å²) in [6, 6.07) is 4.97. The Morgan fingerprint density at radius 2 is 1.94 bits per heavy atom. The van der Waals surface area contributed by atoms with Gasteiger partial charge in [0.05, 0.1) is 0 Å². The first kappa shape index (κ1) is 23.2. The molecule has 1 aromatic carbocycles. The van der Waals surface area contributed by atoms with Crippen molar-refractivity contribution in [2.75, 3.05) is 25.0 Å². The van der Waals surface area contributed by atoms with E-state index >= 15 is 0 Å². The number of anilines is 1. The lowest BCUT2D eigenvalue weighted by molar-refractivity contribution is -0.138. The third-order valence-corrected chi connectivity index (χ3v) is 8.29. The van der Waals surface area contributed by atoms with Gasteiger partial charge in [0.1, 0.15) is 5.65 Å². The van der Waals surface area contributed by atoms with Gasteiger partial charge in [0, 0.05) is 79.3 Å². The third-order valence-electron chi connectivity index (χ3n) is 8.29. The van der Waals surface area contributed by atoms with Crippen LogP contribution in [0.2, 0.25) is 0 Å². The number of benzene rings is 1. The molecule has 6 nitrogen and oxygen atoms in total. The predicted octanol–water partition coefficient (Wildman–Crippen LogP) is 5.58. The Morgan fingerprint density at radius 3 is 2.67 bits per heavy atom. The van der Waals surface area contributed by atoms with Gasteiger partial charge < -0.3 is 15.0 Å². The van der Waals surface area contributed by atoms with Crippen LogP contribution in [0.5, 0.6) is 0 Å². The number of aliphatic carboxylic acids is 1. The van der Waals surface area contributed by atoms with Crippen LogP contribution in [0.4, 0.5) is 14.5 Å². The highest BCUT2D eigenvalue weighted by molar-refractivity contribution is 6.02. The van der Waals surface area contributed by atoms with E-state index in [4.69, 9.17) is 5.11 Å². The molecule has 188 valence electrons. The Bertz CT molecular complexity index is 1370. The fourth-order valence-electron chi connectivity index (χ4n) is 6.43. The molecule has 0 spiro atoms. The normalized spacial score (nSPS) is 22.3. The third kappa shape index (κ3) is 3.97. The Morgan fingerprint density at radius 1 is 1.17 bits per heavy atom. The maximum absolute atomic E-state index is 14.2. The van der Waals surface area contributed by atoms with Gasteiger partial charge in [-0.2, -0.15) is 0 Å². The molecule has 0 amide bonds. The molecular formula is C28H30F2N4O2. The first-order valence-electron chi connectivity index (χ1n) is 12.7. The molecule has 1 aliphatic carbocycles. The zero-order valence-corrected chi connectivity index (χ0v) is 20.4. The molecule has 0 saturated heterocycles. The van der Waals surface area contributed by atoms with Crippen molar-refractivity contribution in [1.29, 1.82) is 0 Å². The average Bonchev–Trinajstić information content (AvgIpc) is 3.18. The van der Waals surface area contributed by atoms with Gasteiger partial charge in [-0.05, 0) is 61.3 Å². The molecule has 4 heterocycles. The Kier molecular flexibility index (Phi) is 5.79. The molecule has 0 radical (unpaired) electrons. The number of carboxylic acids is 1. The summed E-state index contributed by atoms with van der Waals surface area (Å²) in [7, 11) is 1.91. The molecule has 1 fully saturated rings. The van der Waals surface area contributed by atoms with Crippen molar-refractivity contribution in [3.63, 3.8) is 0 Å². The maximum atomic E-state index is 14.2. The van der Waals surface area contributed by atoms with Crippen LogP contribution in [0.3, 0.4) is 0 Å². The van der Waals surface area contributed by atoms with Gasteiger partial charge in [-0.3, -0.25) is 9.69 Å². The van der Waals surface area contributed by atoms with E-state index in [1.807, 2.05) is 18.0 Å². The number of carbonyl (C=O) groups is 1. The lowest BCUT2D eigenvalue weighted by atomic mass is 9.83. The summed E-state index contributed by atoms with van der Waals surface area (Å²) in [5, 5.41) is 10.1. The van der Waals surface area contributed by atoms with E-state index in [0.717, 1.165) is 73.0 Å². The van der Waals surface area contributed by atoms with E-state index in [1.165, 1.54) is 17.7 Å². The van der Waals surface area contributed by atoms with Gasteiger partial charge in [0.2, 0.25) is 0 Å². The van der Waals surface area contributed by atoms with Crippen molar-refractivity contribution < 1.29 is 18.7 Å². The molecule has 0 bridgehead atoms. The summed E-state index contributed by atoms with van der Waals surface area (Å²) < 4.78 is 28.4. The van der Waals surface area contributed by atoms with E-state index in [1.54, 1.807) is 6.20 Å². The summed E-state index contributed by atoms with van der Waals surface area (Å²) in [5.41, 5.74) is 6.41. The lowest BCUT2D eigenvalue weighted by Crippen LogP contribution is -2.40. The van der Waals surface area contributed by atoms with Crippen LogP contribution < -0.4 is 4.90 Å². The smallest absolute Gasteiger partial charge is 0.303 e. The largest absolute Gasteiger partial charge is 0.481 e. The predicted molar refractivity (Wildman–Crippen MR) is 136 cm³/mol. The van der Waals surface area contributed by atoms with Crippen molar-refractivity contribution in [2.24, 2.45) is 5.92 Å². The highest BCUT2D eigenvalue weighted by Crippen LogP contribution is 2.44. The quantitative estimate of drug-likeness (QED) is 0.498. The summed E-state index contributed by atoms with van der Waals surface area (Å²) in [6.07, 6.45) is 9.29. The summed E-state index contributed by atoms with van der Waals surface area (Å²) in [6.45, 7) is 2.40. The molecule has 2 aromatic heterocycles. The minimum atomic E-state index is -0.849. The van der Waals surface area contributed by atoms with Gasteiger partial charge in [-0.1, -0.05) is 6.08 Å². The van der Waals surface area contributed by atoms with Crippen molar-refractivity contribution in [2.45, 2.75) is 51.1 Å². The van der Waals surface area contributed by atoms with Crippen LogP contribution in [0.15, 0.2) is 30.5 Å². The molecule has 3 aromatic rings. The molecular weight excluding hydrogens is 462 g/mol. The minimum absolute atomic E-state index is 0.285. The first-order valence-corrected chi connectivity index (χ1v) is 12.7. The molecule has 36 heavy (non-hydrogen) atoms. The van der Waals surface area contributed by atoms with E-state index < -0.39 is 17.6 Å². The molecule has 1 saturated carbocycles. The maximum Gasteiger partial charge on any atom is 0.303 e. The van der Waals surface area contributed by atoms with Crippen LogP contribution in [-0.2, 0) is 11.3 Å². The van der Waals surface area contributed by atoms with E-state index in [0.29, 0.717) is 29.8 Å². The standard InChI is InChI=1S/C28H30F2N4O2/c1-33-15-21-26-19(20-13-22(29)23(30)14-24(20)33)6-9-31-28(26)32-27(21)17-7-10-34(11-8-17)18-4-2-16(3-5-18)12-25(35)36/h6-7,9,13-14,16,18H,2-5,8,10-12,15H2,1H3,(H,31,32)(H,35,36). The number of pyridine rings is 1. The van der Waals surface area contributed by atoms with Crippen molar-refractivity contribution in [3.8, 4) is 11.1 Å². The number of rotatable bonds is 4. The number of nitrogens with zero attached hydrogens (tertiary/aromatic N) is 3. The minimum Gasteiger partial charge on any atom is -0.481 e. The summed E-state index contributed by atoms with van der Waals surface area (Å²) in [4.78, 5) is 23.7. The summed E-state index contributed by atoms with van der Waals surface area (Å²) in [5.74, 6) is -2.07. The number of aromatic nitrogens is 2. The number of fused-ring (bicyclic) bond motifs is 2. The molecule has 2 aliphatic heterocycles. The lowest BCUT2D eigenvalue weighted by Gasteiger charge is -2.38. The van der Waals surface area contributed by atoms with E-state index in [2.05, 4.69) is 20.9 Å². The zero-order chi connectivity index (χ0) is 25.0. The zero-order valence-electron chi connectivity index (χ0n) is 20.4. The fraction of sp³-hybridized carbons (Fsp3) is 0.429. The fourth-order valence-corrected chi connectivity index (χ4v) is 6.43. The van der Waals surface area contributed by atoms with Crippen LogP contribution in [0.25, 0.3) is 27.7 Å². The second-order valence-corrected chi connectivity index (χ2v) is 10.4. The number of halogens is 2. The number of aromatic amines is 1. The summed E-state index contributed by atoms with van der Waals surface area (Å²) >= 11 is 0. The van der Waals surface area contributed by atoms with Gasteiger partial charge in [-0.15, -0.1) is 0 Å². The molecule has 3 aliphatic rings. The number of nitrogens with one attached hydrogen (secondary N) is 1. The first-order chi connectivity index (χ1) is 17.4. The Balaban J connectivity index is 1.28. The Labute approximate surface area is 208 Å². The van der Waals surface area contributed by atoms with Gasteiger partial charge >= 0.3 is 5.97 Å². The molecule has 2 N–H and O–H groups in total. The van der Waals surface area contributed by atoms with E-state index in [9.17, 15) is 13.6 Å². The molecule has 8 heteroatoms. The molecule has 0 atom stereocenters. The molecule has 6 rings (SSSR count). The highest BCUT2D eigenvalue weighted by Gasteiger charge is 2.30. The van der Waals surface area contributed by atoms with Crippen LogP contribution in [0, 0.1) is 17.6 Å². The molecule has 0 unspecified atom stereocenters. The number of hydrogen-bond acceptors (Lipinski definition) is 4. The Hall–Kier alpha value is -3.26. The highest BCUT2D eigenvalue weighted by atomic mass is 19.2. The van der Waals surface area contributed by atoms with E-state index in [-0.39, 0.29) is 6.42 Å². The van der Waals surface area contributed by atoms with Gasteiger partial charge in [-0.25, -0.2) is 13.8 Å². The van der Waals surface area contributed by atoms with Crippen molar-refractivity contribution >= 4 is 28.3 Å². The average molecular weight is 493 g/mol. The van der Waals surface area contributed by atoms with Crippen LogP contribution >= 0.6 is 0 Å². The van der Waals surface area contributed by atoms with Gasteiger partial charge in [0.25, 0.3) is 0 Å². The number of H-pyrrole nitrogens is 1. The van der Waals surface area contributed by atoms with Crippen molar-refractivity contribution in [3.05, 3.63) is 53.4 Å². The van der Waals surface area contributed by atoms with Gasteiger partial charge in [0.15, 0.2) is 11.6 Å². The number of carboxylic acid groups (broad SMARTS) is 1. The SMILES string of the molecule is CN1Cc2c(C3=CCN(C4CCC(CC(=O)O)CC4)CC3)[nH]c3nccc(c23)-c2cc(F)c(F)cc21. The van der Waals surface area contributed by atoms with Crippen LogP contribution in [0.1, 0.15) is 49.8 Å². The van der Waals surface area contributed by atoms with Crippen molar-refractivity contribution in [1.82, 2.24) is 14.9 Å². The monoisotopic (exact) mass is 492 g/mol. The van der Waals surface area contributed by atoms with Crippen LogP contribution in [-0.4, -0.2) is 52.1 Å². The topological polar surface area (TPSA) is 72.5 Å². The second kappa shape index (κ2) is 9.00. The second-order valence-electron chi connectivity index (χ2n) is 10.4.